The summed E-state index contributed by atoms with van der Waals surface area (Å²) in [4.78, 5) is 27.2. The number of nitrogens with one attached hydrogen (secondary N) is 1. The Kier molecular flexibility index (Phi) is 5.51. The maximum absolute atomic E-state index is 12.0. The van der Waals surface area contributed by atoms with Gasteiger partial charge in [-0.2, -0.15) is 0 Å². The maximum atomic E-state index is 12.0. The molecule has 6 heteroatoms. The zero-order chi connectivity index (χ0) is 16.1. The molecule has 1 aliphatic heterocycles. The van der Waals surface area contributed by atoms with Crippen LogP contribution in [-0.4, -0.2) is 66.6 Å². The second kappa shape index (κ2) is 7.38. The molecular formula is C16H23N3O3. The normalized spacial score (nSPS) is 18.8. The van der Waals surface area contributed by atoms with Crippen molar-refractivity contribution >= 4 is 17.5 Å². The lowest BCUT2D eigenvalue weighted by Gasteiger charge is -2.29. The topological polar surface area (TPSA) is 72.9 Å². The molecule has 1 fully saturated rings. The Bertz CT molecular complexity index is 528. The zero-order valence-electron chi connectivity index (χ0n) is 13.1. The van der Waals surface area contributed by atoms with Gasteiger partial charge in [0, 0.05) is 31.9 Å². The number of aliphatic hydroxyl groups excluding tert-OH is 1. The highest BCUT2D eigenvalue weighted by atomic mass is 16.3. The Hall–Kier alpha value is -1.92. The van der Waals surface area contributed by atoms with E-state index in [0.29, 0.717) is 17.8 Å². The zero-order valence-corrected chi connectivity index (χ0v) is 13.1. The summed E-state index contributed by atoms with van der Waals surface area (Å²) in [6.07, 6.45) is 1.38. The molecule has 0 aromatic heterocycles. The smallest absolute Gasteiger partial charge is 0.253 e. The first-order chi connectivity index (χ1) is 10.5. The van der Waals surface area contributed by atoms with Crippen molar-refractivity contribution in [2.45, 2.75) is 18.9 Å². The average molecular weight is 305 g/mol. The van der Waals surface area contributed by atoms with E-state index in [-0.39, 0.29) is 24.5 Å². The third-order valence-electron chi connectivity index (χ3n) is 3.67. The summed E-state index contributed by atoms with van der Waals surface area (Å²) in [7, 11) is 3.40. The number of anilines is 1. The molecule has 1 saturated heterocycles. The van der Waals surface area contributed by atoms with Crippen LogP contribution in [0.4, 0.5) is 5.69 Å². The largest absolute Gasteiger partial charge is 0.392 e. The number of nitrogens with zero attached hydrogens (tertiary/aromatic N) is 2. The minimum absolute atomic E-state index is 0.0693. The van der Waals surface area contributed by atoms with Crippen LogP contribution >= 0.6 is 0 Å². The fraction of sp³-hybridized carbons (Fsp3) is 0.500. The van der Waals surface area contributed by atoms with Crippen LogP contribution in [0.5, 0.6) is 0 Å². The third-order valence-corrected chi connectivity index (χ3v) is 3.67. The molecule has 0 saturated carbocycles. The molecule has 6 nitrogen and oxygen atoms in total. The number of carbonyl (C=O) groups excluding carboxylic acids is 2. The van der Waals surface area contributed by atoms with Crippen LogP contribution in [-0.2, 0) is 4.79 Å². The number of hydrogen-bond donors (Lipinski definition) is 2. The fourth-order valence-electron chi connectivity index (χ4n) is 2.53. The summed E-state index contributed by atoms with van der Waals surface area (Å²) in [6, 6.07) is 6.84. The van der Waals surface area contributed by atoms with Gasteiger partial charge in [-0.3, -0.25) is 14.5 Å². The van der Waals surface area contributed by atoms with Gasteiger partial charge in [-0.25, -0.2) is 0 Å². The van der Waals surface area contributed by atoms with Gasteiger partial charge in [0.05, 0.1) is 12.6 Å². The van der Waals surface area contributed by atoms with Crippen LogP contribution in [0.25, 0.3) is 0 Å². The molecule has 120 valence electrons. The van der Waals surface area contributed by atoms with E-state index in [1.165, 1.54) is 4.90 Å². The van der Waals surface area contributed by atoms with Crippen molar-refractivity contribution in [3.8, 4) is 0 Å². The van der Waals surface area contributed by atoms with Gasteiger partial charge in [-0.15, -0.1) is 0 Å². The van der Waals surface area contributed by atoms with Gasteiger partial charge in [0.2, 0.25) is 5.91 Å². The molecule has 1 aliphatic rings. The fourth-order valence-corrected chi connectivity index (χ4v) is 2.53. The first-order valence-corrected chi connectivity index (χ1v) is 7.47. The number of likely N-dealkylation sites (tertiary alicyclic amines) is 1. The summed E-state index contributed by atoms with van der Waals surface area (Å²) in [6.45, 7) is 1.65. The van der Waals surface area contributed by atoms with Crippen molar-refractivity contribution < 1.29 is 14.7 Å². The van der Waals surface area contributed by atoms with Gasteiger partial charge in [-0.1, -0.05) is 0 Å². The molecule has 1 aromatic rings. The summed E-state index contributed by atoms with van der Waals surface area (Å²) in [5.41, 5.74) is 1.25. The monoisotopic (exact) mass is 305 g/mol. The second-order valence-electron chi connectivity index (χ2n) is 5.86. The van der Waals surface area contributed by atoms with Crippen molar-refractivity contribution in [1.29, 1.82) is 0 Å². The highest BCUT2D eigenvalue weighted by Gasteiger charge is 2.19. The van der Waals surface area contributed by atoms with E-state index in [1.807, 2.05) is 4.90 Å². The molecule has 2 amide bonds. The lowest BCUT2D eigenvalue weighted by Crippen LogP contribution is -2.42. The highest BCUT2D eigenvalue weighted by molar-refractivity contribution is 5.96. The van der Waals surface area contributed by atoms with E-state index in [9.17, 15) is 14.7 Å². The molecule has 0 spiro atoms. The molecule has 2 rings (SSSR count). The first-order valence-electron chi connectivity index (χ1n) is 7.47. The minimum atomic E-state index is -0.335. The predicted octanol–water partition coefficient (Wildman–Crippen LogP) is 0.784. The van der Waals surface area contributed by atoms with E-state index >= 15 is 0 Å². The molecule has 0 radical (unpaired) electrons. The summed E-state index contributed by atoms with van der Waals surface area (Å²) in [5, 5.41) is 12.4. The van der Waals surface area contributed by atoms with Crippen LogP contribution in [0.15, 0.2) is 24.3 Å². The summed E-state index contributed by atoms with van der Waals surface area (Å²) < 4.78 is 0. The van der Waals surface area contributed by atoms with Crippen LogP contribution in [0, 0.1) is 0 Å². The Morgan fingerprint density at radius 1 is 1.32 bits per heavy atom. The van der Waals surface area contributed by atoms with E-state index in [1.54, 1.807) is 38.4 Å². The Morgan fingerprint density at radius 3 is 2.59 bits per heavy atom. The van der Waals surface area contributed by atoms with Crippen molar-refractivity contribution in [3.63, 3.8) is 0 Å². The average Bonchev–Trinajstić information content (AvgIpc) is 2.47. The molecule has 2 N–H and O–H groups in total. The van der Waals surface area contributed by atoms with E-state index in [0.717, 1.165) is 19.4 Å². The standard InChI is InChI=1S/C16H23N3O3/c1-18(2)16(22)12-5-7-13(8-6-12)17-15(21)11-19-9-3-4-14(20)10-19/h5-8,14,20H,3-4,9-11H2,1-2H3,(H,17,21). The Labute approximate surface area is 130 Å². The van der Waals surface area contributed by atoms with Crippen LogP contribution in [0.3, 0.4) is 0 Å². The van der Waals surface area contributed by atoms with E-state index in [2.05, 4.69) is 5.32 Å². The number of amides is 2. The number of piperidine rings is 1. The summed E-state index contributed by atoms with van der Waals surface area (Å²) >= 11 is 0. The number of rotatable bonds is 4. The molecule has 0 bridgehead atoms. The second-order valence-corrected chi connectivity index (χ2v) is 5.86. The van der Waals surface area contributed by atoms with Crippen LogP contribution in [0.2, 0.25) is 0 Å². The van der Waals surface area contributed by atoms with Crippen molar-refractivity contribution in [2.24, 2.45) is 0 Å². The maximum Gasteiger partial charge on any atom is 0.253 e. The van der Waals surface area contributed by atoms with Gasteiger partial charge in [0.25, 0.3) is 5.91 Å². The Balaban J connectivity index is 1.87. The van der Waals surface area contributed by atoms with Gasteiger partial charge in [-0.05, 0) is 43.7 Å². The highest BCUT2D eigenvalue weighted by Crippen LogP contribution is 2.12. The Morgan fingerprint density at radius 2 is 2.00 bits per heavy atom. The quantitative estimate of drug-likeness (QED) is 0.862. The number of aliphatic hydroxyl groups is 1. The van der Waals surface area contributed by atoms with Gasteiger partial charge in [0.1, 0.15) is 0 Å². The van der Waals surface area contributed by atoms with Crippen molar-refractivity contribution in [2.75, 3.05) is 39.0 Å². The SMILES string of the molecule is CN(C)C(=O)c1ccc(NC(=O)CN2CCCC(O)C2)cc1. The number of benzene rings is 1. The van der Waals surface area contributed by atoms with Gasteiger partial charge >= 0.3 is 0 Å². The van der Waals surface area contributed by atoms with Crippen molar-refractivity contribution in [3.05, 3.63) is 29.8 Å². The van der Waals surface area contributed by atoms with Gasteiger partial charge in [0.15, 0.2) is 0 Å². The number of β-amino-alcohol motifs (C(OH)–C–C–N with tert-alkyl or cyclic N) is 1. The minimum Gasteiger partial charge on any atom is -0.392 e. The molecular weight excluding hydrogens is 282 g/mol. The molecule has 1 aromatic carbocycles. The molecule has 22 heavy (non-hydrogen) atoms. The van der Waals surface area contributed by atoms with Crippen LogP contribution in [0.1, 0.15) is 23.2 Å². The molecule has 1 atom stereocenters. The lowest BCUT2D eigenvalue weighted by molar-refractivity contribution is -0.118. The molecule has 1 heterocycles. The number of carbonyl (C=O) groups is 2. The summed E-state index contributed by atoms with van der Waals surface area (Å²) in [5.74, 6) is -0.180. The third kappa shape index (κ3) is 4.54. The van der Waals surface area contributed by atoms with Crippen molar-refractivity contribution in [1.82, 2.24) is 9.80 Å². The first kappa shape index (κ1) is 16.5. The number of hydrogen-bond acceptors (Lipinski definition) is 4. The van der Waals surface area contributed by atoms with E-state index in [4.69, 9.17) is 0 Å². The van der Waals surface area contributed by atoms with Crippen LogP contribution < -0.4 is 5.32 Å². The molecule has 0 aliphatic carbocycles. The van der Waals surface area contributed by atoms with Gasteiger partial charge < -0.3 is 15.3 Å². The molecule has 1 unspecified atom stereocenters. The predicted molar refractivity (Wildman–Crippen MR) is 84.8 cm³/mol. The van der Waals surface area contributed by atoms with E-state index < -0.39 is 0 Å². The lowest BCUT2D eigenvalue weighted by atomic mass is 10.1.